The molecule has 2 aromatic rings. The molecule has 0 aromatic heterocycles. The lowest BCUT2D eigenvalue weighted by Crippen LogP contribution is -2.39. The van der Waals surface area contributed by atoms with Crippen LogP contribution in [0.2, 0.25) is 0 Å². The van der Waals surface area contributed by atoms with Gasteiger partial charge in [-0.15, -0.1) is 24.0 Å². The van der Waals surface area contributed by atoms with Crippen LogP contribution in [0.5, 0.6) is 5.75 Å². The number of hydrogen-bond donors (Lipinski definition) is 1. The van der Waals surface area contributed by atoms with Crippen LogP contribution in [0.1, 0.15) is 16.7 Å². The lowest BCUT2D eigenvalue weighted by atomic mass is 10.1. The van der Waals surface area contributed by atoms with E-state index >= 15 is 0 Å². The van der Waals surface area contributed by atoms with Crippen LogP contribution in [-0.2, 0) is 24.3 Å². The lowest BCUT2D eigenvalue weighted by Gasteiger charge is -2.24. The summed E-state index contributed by atoms with van der Waals surface area (Å²) in [6.07, 6.45) is 0.627. The predicted molar refractivity (Wildman–Crippen MR) is 123 cm³/mol. The highest BCUT2D eigenvalue weighted by molar-refractivity contribution is 14.0. The summed E-state index contributed by atoms with van der Waals surface area (Å²) in [5, 5.41) is 3.34. The van der Waals surface area contributed by atoms with E-state index in [1.807, 2.05) is 30.1 Å². The van der Waals surface area contributed by atoms with Crippen LogP contribution >= 0.6 is 39.9 Å². The van der Waals surface area contributed by atoms with Gasteiger partial charge in [-0.1, -0.05) is 34.1 Å². The molecule has 0 radical (unpaired) electrons. The summed E-state index contributed by atoms with van der Waals surface area (Å²) < 4.78 is 25.7. The number of aliphatic imine (C=N–C) groups is 1. The van der Waals surface area contributed by atoms with Gasteiger partial charge in [-0.25, -0.2) is 4.39 Å². The van der Waals surface area contributed by atoms with Crippen LogP contribution in [0, 0.1) is 5.82 Å². The third kappa shape index (κ3) is 5.81. The van der Waals surface area contributed by atoms with E-state index < -0.39 is 0 Å². The van der Waals surface area contributed by atoms with Crippen molar-refractivity contribution in [1.82, 2.24) is 10.2 Å². The third-order valence-corrected chi connectivity index (χ3v) is 5.14. The smallest absolute Gasteiger partial charge is 0.193 e. The summed E-state index contributed by atoms with van der Waals surface area (Å²) in [5.74, 6) is 1.24. The van der Waals surface area contributed by atoms with Gasteiger partial charge in [0, 0.05) is 37.2 Å². The Kier molecular flexibility index (Phi) is 8.97. The molecule has 0 atom stereocenters. The average molecular weight is 564 g/mol. The zero-order valence-electron chi connectivity index (χ0n) is 15.9. The van der Waals surface area contributed by atoms with E-state index in [0.29, 0.717) is 19.6 Å². The first-order valence-corrected chi connectivity index (χ1v) is 9.55. The summed E-state index contributed by atoms with van der Waals surface area (Å²) in [4.78, 5) is 6.39. The minimum Gasteiger partial charge on any atom is -0.467 e. The van der Waals surface area contributed by atoms with E-state index in [9.17, 15) is 4.39 Å². The van der Waals surface area contributed by atoms with Crippen molar-refractivity contribution >= 4 is 45.9 Å². The second-order valence-electron chi connectivity index (χ2n) is 6.34. The highest BCUT2D eigenvalue weighted by atomic mass is 127. The molecule has 0 bridgehead atoms. The first kappa shape index (κ1) is 22.9. The number of hydrogen-bond acceptors (Lipinski definition) is 3. The monoisotopic (exact) mass is 563 g/mol. The molecule has 0 unspecified atom stereocenters. The zero-order chi connectivity index (χ0) is 19.2. The summed E-state index contributed by atoms with van der Waals surface area (Å²) >= 11 is 3.57. The van der Waals surface area contributed by atoms with Crippen LogP contribution in [0.3, 0.4) is 0 Å². The van der Waals surface area contributed by atoms with E-state index in [2.05, 4.69) is 32.3 Å². The van der Waals surface area contributed by atoms with Gasteiger partial charge in [-0.3, -0.25) is 4.99 Å². The fraction of sp³-hybridized carbons (Fsp3) is 0.350. The molecule has 0 saturated heterocycles. The van der Waals surface area contributed by atoms with E-state index in [0.717, 1.165) is 33.9 Å². The molecule has 1 N–H and O–H groups in total. The van der Waals surface area contributed by atoms with Crippen molar-refractivity contribution in [3.63, 3.8) is 0 Å². The van der Waals surface area contributed by atoms with Gasteiger partial charge >= 0.3 is 0 Å². The molecule has 1 aliphatic rings. The quantitative estimate of drug-likeness (QED) is 0.334. The van der Waals surface area contributed by atoms with E-state index in [-0.39, 0.29) is 36.6 Å². The Balaban J connectivity index is 0.00000280. The van der Waals surface area contributed by atoms with Crippen molar-refractivity contribution in [1.29, 1.82) is 0 Å². The summed E-state index contributed by atoms with van der Waals surface area (Å²) in [7, 11) is 3.74. The number of benzene rings is 2. The van der Waals surface area contributed by atoms with Crippen molar-refractivity contribution in [2.45, 2.75) is 19.6 Å². The Hall–Kier alpha value is -1.39. The molecular weight excluding hydrogens is 540 g/mol. The molecule has 3 rings (SSSR count). The molecular formula is C20H24BrFIN3O2. The largest absolute Gasteiger partial charge is 0.467 e. The maximum Gasteiger partial charge on any atom is 0.193 e. The minimum atomic E-state index is -0.270. The van der Waals surface area contributed by atoms with Crippen molar-refractivity contribution in [3.8, 4) is 5.75 Å². The van der Waals surface area contributed by atoms with Crippen LogP contribution < -0.4 is 10.1 Å². The predicted octanol–water partition coefficient (Wildman–Crippen LogP) is 4.32. The van der Waals surface area contributed by atoms with Crippen molar-refractivity contribution in [2.24, 2.45) is 4.99 Å². The third-order valence-electron chi connectivity index (χ3n) is 4.37. The minimum absolute atomic E-state index is 0. The van der Waals surface area contributed by atoms with E-state index in [4.69, 9.17) is 9.47 Å². The molecule has 8 heteroatoms. The number of nitrogens with one attached hydrogen (secondary N) is 1. The van der Waals surface area contributed by atoms with Crippen LogP contribution in [0.25, 0.3) is 0 Å². The Morgan fingerprint density at radius 2 is 2.07 bits per heavy atom. The van der Waals surface area contributed by atoms with Crippen molar-refractivity contribution < 1.29 is 13.9 Å². The molecule has 0 spiro atoms. The second-order valence-corrected chi connectivity index (χ2v) is 7.19. The number of fused-ring (bicyclic) bond motifs is 1. The molecule has 0 fully saturated rings. The van der Waals surface area contributed by atoms with Crippen LogP contribution in [0.15, 0.2) is 45.9 Å². The van der Waals surface area contributed by atoms with Gasteiger partial charge < -0.3 is 19.7 Å². The maximum absolute atomic E-state index is 13.8. The number of rotatable bonds is 5. The van der Waals surface area contributed by atoms with Gasteiger partial charge in [0.05, 0.1) is 6.61 Å². The maximum atomic E-state index is 13.8. The molecule has 2 aromatic carbocycles. The first-order valence-electron chi connectivity index (χ1n) is 8.75. The van der Waals surface area contributed by atoms with Crippen LogP contribution in [-0.4, -0.2) is 38.3 Å². The van der Waals surface area contributed by atoms with E-state index in [1.54, 1.807) is 7.05 Å². The molecule has 0 aliphatic carbocycles. The first-order chi connectivity index (χ1) is 13.1. The fourth-order valence-corrected chi connectivity index (χ4v) is 3.50. The molecule has 0 amide bonds. The Morgan fingerprint density at radius 1 is 1.29 bits per heavy atom. The van der Waals surface area contributed by atoms with Gasteiger partial charge in [-0.05, 0) is 35.7 Å². The van der Waals surface area contributed by atoms with Gasteiger partial charge in [0.2, 0.25) is 0 Å². The fourth-order valence-electron chi connectivity index (χ4n) is 3.09. The molecule has 28 heavy (non-hydrogen) atoms. The molecule has 152 valence electrons. The normalized spacial score (nSPS) is 13.2. The van der Waals surface area contributed by atoms with Gasteiger partial charge in [0.1, 0.15) is 11.6 Å². The SMILES string of the molecule is CN=C(NCCc1cc(F)cc2c1OCOC2)N(C)Cc1ccccc1Br.I. The summed E-state index contributed by atoms with van der Waals surface area (Å²) in [6, 6.07) is 11.1. The molecule has 0 saturated carbocycles. The Bertz CT molecular complexity index is 835. The standard InChI is InChI=1S/C20H23BrFN3O2.HI/c1-23-20(25(2)11-15-5-3-4-6-18(15)21)24-8-7-14-9-17(22)10-16-12-26-13-27-19(14)16;/h3-6,9-10H,7-8,11-13H2,1-2H3,(H,23,24);1H. The molecule has 5 nitrogen and oxygen atoms in total. The highest BCUT2D eigenvalue weighted by Crippen LogP contribution is 2.29. The summed E-state index contributed by atoms with van der Waals surface area (Å²) in [6.45, 7) is 1.92. The zero-order valence-corrected chi connectivity index (χ0v) is 19.8. The average Bonchev–Trinajstić information content (AvgIpc) is 2.66. The van der Waals surface area contributed by atoms with E-state index in [1.165, 1.54) is 17.7 Å². The van der Waals surface area contributed by atoms with Gasteiger partial charge in [0.15, 0.2) is 12.8 Å². The number of halogens is 3. The van der Waals surface area contributed by atoms with Crippen molar-refractivity contribution in [3.05, 3.63) is 63.4 Å². The number of nitrogens with zero attached hydrogens (tertiary/aromatic N) is 2. The van der Waals surface area contributed by atoms with Crippen LogP contribution in [0.4, 0.5) is 4.39 Å². The van der Waals surface area contributed by atoms with Crippen molar-refractivity contribution in [2.75, 3.05) is 27.4 Å². The Morgan fingerprint density at radius 3 is 2.82 bits per heavy atom. The van der Waals surface area contributed by atoms with Gasteiger partial charge in [-0.2, -0.15) is 0 Å². The topological polar surface area (TPSA) is 46.1 Å². The second kappa shape index (κ2) is 11.0. The van der Waals surface area contributed by atoms with Gasteiger partial charge in [0.25, 0.3) is 0 Å². The Labute approximate surface area is 190 Å². The molecule has 1 heterocycles. The number of guanidine groups is 1. The highest BCUT2D eigenvalue weighted by Gasteiger charge is 2.17. The summed E-state index contributed by atoms with van der Waals surface area (Å²) in [5.41, 5.74) is 2.77. The number of ether oxygens (including phenoxy) is 2. The lowest BCUT2D eigenvalue weighted by molar-refractivity contribution is -0.0172. The molecule has 1 aliphatic heterocycles.